The summed E-state index contributed by atoms with van der Waals surface area (Å²) in [4.78, 5) is 16.2. The van der Waals surface area contributed by atoms with E-state index < -0.39 is 10.0 Å². The van der Waals surface area contributed by atoms with Crippen molar-refractivity contribution in [3.63, 3.8) is 0 Å². The lowest BCUT2D eigenvalue weighted by Crippen LogP contribution is -2.42. The van der Waals surface area contributed by atoms with Crippen LogP contribution >= 0.6 is 22.9 Å². The minimum Gasteiger partial charge on any atom is -0.352 e. The van der Waals surface area contributed by atoms with Gasteiger partial charge in [0.05, 0.1) is 4.34 Å². The molecule has 0 saturated carbocycles. The summed E-state index contributed by atoms with van der Waals surface area (Å²) >= 11 is 6.89. The Hall–Kier alpha value is -1.48. The lowest BCUT2D eigenvalue weighted by Gasteiger charge is -2.30. The third-order valence-corrected chi connectivity index (χ3v) is 7.78. The molecule has 0 aliphatic carbocycles. The normalized spacial score (nSPS) is 16.7. The number of carbonyl (C=O) groups excluding carboxylic acids is 1. The van der Waals surface area contributed by atoms with Crippen molar-refractivity contribution in [2.24, 2.45) is 5.92 Å². The van der Waals surface area contributed by atoms with Crippen molar-refractivity contribution in [3.05, 3.63) is 46.6 Å². The molecule has 6 nitrogen and oxygen atoms in total. The highest BCUT2D eigenvalue weighted by molar-refractivity contribution is 7.91. The molecule has 0 radical (unpaired) electrons. The highest BCUT2D eigenvalue weighted by Gasteiger charge is 2.32. The summed E-state index contributed by atoms with van der Waals surface area (Å²) < 4.78 is 27.2. The highest BCUT2D eigenvalue weighted by atomic mass is 35.5. The number of hydrogen-bond acceptors (Lipinski definition) is 5. The number of sulfonamides is 1. The molecule has 1 N–H and O–H groups in total. The van der Waals surface area contributed by atoms with E-state index in [0.29, 0.717) is 36.8 Å². The number of rotatable bonds is 5. The first-order valence-corrected chi connectivity index (χ1v) is 10.5. The SMILES string of the molecule is O=C(NCc1ccncc1)C1CCN(S(=O)(=O)c2ccc(Cl)s2)CC1. The van der Waals surface area contributed by atoms with Crippen molar-refractivity contribution >= 4 is 38.9 Å². The number of hydrogen-bond donors (Lipinski definition) is 1. The van der Waals surface area contributed by atoms with E-state index in [0.717, 1.165) is 16.9 Å². The van der Waals surface area contributed by atoms with Gasteiger partial charge in [-0.25, -0.2) is 8.42 Å². The van der Waals surface area contributed by atoms with Gasteiger partial charge >= 0.3 is 0 Å². The molecule has 134 valence electrons. The van der Waals surface area contributed by atoms with E-state index >= 15 is 0 Å². The van der Waals surface area contributed by atoms with Crippen LogP contribution in [0.2, 0.25) is 4.34 Å². The van der Waals surface area contributed by atoms with Crippen LogP contribution in [0.1, 0.15) is 18.4 Å². The first-order chi connectivity index (χ1) is 12.0. The summed E-state index contributed by atoms with van der Waals surface area (Å²) in [5.74, 6) is -0.201. The molecule has 2 aromatic heterocycles. The minimum absolute atomic E-state index is 0.0342. The predicted octanol–water partition coefficient (Wildman–Crippen LogP) is 2.51. The summed E-state index contributed by atoms with van der Waals surface area (Å²) in [5, 5.41) is 2.91. The van der Waals surface area contributed by atoms with Gasteiger partial charge in [-0.15, -0.1) is 11.3 Å². The number of thiophene rings is 1. The Bertz CT molecular complexity index is 831. The van der Waals surface area contributed by atoms with Crippen LogP contribution < -0.4 is 5.32 Å². The highest BCUT2D eigenvalue weighted by Crippen LogP contribution is 2.30. The lowest BCUT2D eigenvalue weighted by molar-refractivity contribution is -0.126. The fraction of sp³-hybridized carbons (Fsp3) is 0.375. The van der Waals surface area contributed by atoms with E-state index in [1.54, 1.807) is 18.5 Å². The van der Waals surface area contributed by atoms with Crippen LogP contribution in [0.5, 0.6) is 0 Å². The maximum Gasteiger partial charge on any atom is 0.252 e. The van der Waals surface area contributed by atoms with Gasteiger partial charge in [-0.3, -0.25) is 9.78 Å². The fourth-order valence-electron chi connectivity index (χ4n) is 2.76. The summed E-state index contributed by atoms with van der Waals surface area (Å²) in [6.07, 6.45) is 4.39. The summed E-state index contributed by atoms with van der Waals surface area (Å²) in [7, 11) is -3.52. The number of amides is 1. The van der Waals surface area contributed by atoms with E-state index in [2.05, 4.69) is 10.3 Å². The molecule has 1 aliphatic heterocycles. The van der Waals surface area contributed by atoms with Crippen molar-refractivity contribution in [2.75, 3.05) is 13.1 Å². The van der Waals surface area contributed by atoms with Crippen LogP contribution in [0.15, 0.2) is 40.9 Å². The molecular formula is C16H18ClN3O3S2. The van der Waals surface area contributed by atoms with Gasteiger partial charge in [-0.05, 0) is 42.7 Å². The first kappa shape index (κ1) is 18.3. The van der Waals surface area contributed by atoms with Crippen molar-refractivity contribution in [1.82, 2.24) is 14.6 Å². The summed E-state index contributed by atoms with van der Waals surface area (Å²) in [6, 6.07) is 6.80. The van der Waals surface area contributed by atoms with E-state index in [4.69, 9.17) is 11.6 Å². The quantitative estimate of drug-likeness (QED) is 0.837. The van der Waals surface area contributed by atoms with E-state index in [-0.39, 0.29) is 16.0 Å². The Balaban J connectivity index is 1.54. The maximum atomic E-state index is 12.6. The zero-order valence-corrected chi connectivity index (χ0v) is 15.8. The van der Waals surface area contributed by atoms with Crippen LogP contribution in [0, 0.1) is 5.92 Å². The molecular weight excluding hydrogens is 382 g/mol. The third kappa shape index (κ3) is 4.38. The van der Waals surface area contributed by atoms with Gasteiger partial charge in [0, 0.05) is 37.9 Å². The molecule has 2 aromatic rings. The Morgan fingerprint density at radius 2 is 1.92 bits per heavy atom. The molecule has 1 amide bonds. The Kier molecular flexibility index (Phi) is 5.73. The van der Waals surface area contributed by atoms with Crippen LogP contribution in [0.4, 0.5) is 0 Å². The van der Waals surface area contributed by atoms with Crippen molar-refractivity contribution in [1.29, 1.82) is 0 Å². The second-order valence-electron chi connectivity index (χ2n) is 5.81. The van der Waals surface area contributed by atoms with Crippen molar-refractivity contribution in [3.8, 4) is 0 Å². The largest absolute Gasteiger partial charge is 0.352 e. The number of aromatic nitrogens is 1. The number of nitrogens with zero attached hydrogens (tertiary/aromatic N) is 2. The van der Waals surface area contributed by atoms with Crippen LogP contribution in [0.3, 0.4) is 0 Å². The van der Waals surface area contributed by atoms with Gasteiger partial charge in [-0.2, -0.15) is 4.31 Å². The van der Waals surface area contributed by atoms with E-state index in [9.17, 15) is 13.2 Å². The monoisotopic (exact) mass is 399 g/mol. The van der Waals surface area contributed by atoms with Gasteiger partial charge in [0.1, 0.15) is 4.21 Å². The van der Waals surface area contributed by atoms with Crippen LogP contribution in [-0.4, -0.2) is 36.7 Å². The fourth-order valence-corrected chi connectivity index (χ4v) is 5.86. The van der Waals surface area contributed by atoms with E-state index in [1.165, 1.54) is 10.4 Å². The van der Waals surface area contributed by atoms with Gasteiger partial charge < -0.3 is 5.32 Å². The van der Waals surface area contributed by atoms with Crippen LogP contribution in [0.25, 0.3) is 0 Å². The molecule has 3 rings (SSSR count). The topological polar surface area (TPSA) is 79.4 Å². The zero-order valence-electron chi connectivity index (χ0n) is 13.4. The molecule has 0 atom stereocenters. The summed E-state index contributed by atoms with van der Waals surface area (Å²) in [6.45, 7) is 1.13. The average Bonchev–Trinajstić information content (AvgIpc) is 3.08. The second-order valence-corrected chi connectivity index (χ2v) is 9.69. The predicted molar refractivity (Wildman–Crippen MR) is 96.9 cm³/mol. The Morgan fingerprint density at radius 1 is 1.24 bits per heavy atom. The smallest absolute Gasteiger partial charge is 0.252 e. The molecule has 1 aliphatic rings. The molecule has 3 heterocycles. The first-order valence-electron chi connectivity index (χ1n) is 7.89. The van der Waals surface area contributed by atoms with Gasteiger partial charge in [0.15, 0.2) is 0 Å². The minimum atomic E-state index is -3.52. The zero-order chi connectivity index (χ0) is 17.9. The molecule has 0 bridgehead atoms. The number of nitrogens with one attached hydrogen (secondary N) is 1. The second kappa shape index (κ2) is 7.82. The number of halogens is 1. The van der Waals surface area contributed by atoms with Crippen molar-refractivity contribution in [2.45, 2.75) is 23.6 Å². The average molecular weight is 400 g/mol. The molecule has 0 aromatic carbocycles. The summed E-state index contributed by atoms with van der Waals surface area (Å²) in [5.41, 5.74) is 0.984. The number of pyridine rings is 1. The molecule has 25 heavy (non-hydrogen) atoms. The third-order valence-electron chi connectivity index (χ3n) is 4.18. The van der Waals surface area contributed by atoms with Gasteiger partial charge in [0.25, 0.3) is 10.0 Å². The molecule has 0 unspecified atom stereocenters. The van der Waals surface area contributed by atoms with Crippen LogP contribution in [-0.2, 0) is 21.4 Å². The Labute approximate surface area is 155 Å². The maximum absolute atomic E-state index is 12.6. The number of carbonyl (C=O) groups is 1. The lowest BCUT2D eigenvalue weighted by atomic mass is 9.97. The molecule has 9 heteroatoms. The Morgan fingerprint density at radius 3 is 2.52 bits per heavy atom. The molecule has 0 spiro atoms. The standard InChI is InChI=1S/C16H18ClN3O3S2/c17-14-1-2-15(24-14)25(22,23)20-9-5-13(6-10-20)16(21)19-11-12-3-7-18-8-4-12/h1-4,7-8,13H,5-6,9-11H2,(H,19,21). The van der Waals surface area contributed by atoms with Crippen molar-refractivity contribution < 1.29 is 13.2 Å². The molecule has 1 saturated heterocycles. The van der Waals surface area contributed by atoms with E-state index in [1.807, 2.05) is 12.1 Å². The number of piperidine rings is 1. The molecule has 1 fully saturated rings. The van der Waals surface area contributed by atoms with Gasteiger partial charge in [0.2, 0.25) is 5.91 Å². The van der Waals surface area contributed by atoms with Gasteiger partial charge in [-0.1, -0.05) is 11.6 Å².